The molecule has 1 aromatic carbocycles. The number of carbonyl (C=O) groups is 1. The zero-order chi connectivity index (χ0) is 17.3. The van der Waals surface area contributed by atoms with Crippen LogP contribution in [0.5, 0.6) is 5.75 Å². The minimum atomic E-state index is -3.79. The summed E-state index contributed by atoms with van der Waals surface area (Å²) in [5.41, 5.74) is -0.263. The van der Waals surface area contributed by atoms with E-state index in [9.17, 15) is 13.2 Å². The van der Waals surface area contributed by atoms with E-state index in [-0.39, 0.29) is 16.6 Å². The predicted molar refractivity (Wildman–Crippen MR) is 88.2 cm³/mol. The number of sulfonamides is 1. The zero-order valence-electron chi connectivity index (χ0n) is 14.0. The van der Waals surface area contributed by atoms with Gasteiger partial charge in [0.25, 0.3) is 5.91 Å². The Morgan fingerprint density at radius 3 is 2.35 bits per heavy atom. The molecule has 0 unspecified atom stereocenters. The monoisotopic (exact) mass is 340 g/mol. The highest BCUT2D eigenvalue weighted by Crippen LogP contribution is 2.27. The van der Waals surface area contributed by atoms with Crippen LogP contribution in [0.3, 0.4) is 0 Å². The van der Waals surface area contributed by atoms with E-state index < -0.39 is 15.6 Å². The summed E-state index contributed by atoms with van der Waals surface area (Å²) in [6.07, 6.45) is 1.97. The molecule has 1 aromatic rings. The third kappa shape index (κ3) is 4.23. The fourth-order valence-electron chi connectivity index (χ4n) is 2.58. The minimum Gasteiger partial charge on any atom is -0.495 e. The third-order valence-corrected chi connectivity index (χ3v) is 5.31. The second-order valence-electron chi connectivity index (χ2n) is 6.72. The molecule has 0 spiro atoms. The smallest absolute Gasteiger partial charge is 0.253 e. The topological polar surface area (TPSA) is 75.7 Å². The molecule has 0 atom stereocenters. The Labute approximate surface area is 137 Å². The molecule has 0 radical (unpaired) electrons. The molecule has 7 heteroatoms. The Morgan fingerprint density at radius 2 is 1.83 bits per heavy atom. The van der Waals surface area contributed by atoms with E-state index in [1.807, 2.05) is 0 Å². The molecule has 0 bridgehead atoms. The van der Waals surface area contributed by atoms with Crippen molar-refractivity contribution in [2.75, 3.05) is 20.2 Å². The van der Waals surface area contributed by atoms with Gasteiger partial charge >= 0.3 is 0 Å². The molecule has 0 saturated carbocycles. The summed E-state index contributed by atoms with van der Waals surface area (Å²) in [5, 5.41) is 0. The van der Waals surface area contributed by atoms with Crippen molar-refractivity contribution >= 4 is 15.9 Å². The number of rotatable bonds is 4. The lowest BCUT2D eigenvalue weighted by Crippen LogP contribution is -2.40. The average Bonchev–Trinajstić information content (AvgIpc) is 2.97. The molecular weight excluding hydrogens is 316 g/mol. The van der Waals surface area contributed by atoms with Gasteiger partial charge in [0, 0.05) is 24.2 Å². The van der Waals surface area contributed by atoms with Gasteiger partial charge in [-0.15, -0.1) is 0 Å². The molecule has 0 aliphatic carbocycles. The molecule has 2 rings (SSSR count). The molecule has 0 aromatic heterocycles. The fourth-order valence-corrected chi connectivity index (χ4v) is 4.20. The summed E-state index contributed by atoms with van der Waals surface area (Å²) in [6.45, 7) is 6.71. The number of likely N-dealkylation sites (tertiary alicyclic amines) is 1. The van der Waals surface area contributed by atoms with Gasteiger partial charge in [-0.05, 0) is 51.8 Å². The quantitative estimate of drug-likeness (QED) is 0.910. The second kappa shape index (κ2) is 6.49. The van der Waals surface area contributed by atoms with Gasteiger partial charge in [0.2, 0.25) is 10.0 Å². The van der Waals surface area contributed by atoms with Crippen molar-refractivity contribution in [2.45, 2.75) is 44.0 Å². The van der Waals surface area contributed by atoms with Gasteiger partial charge in [-0.3, -0.25) is 4.79 Å². The number of hydrogen-bond donors (Lipinski definition) is 1. The van der Waals surface area contributed by atoms with Gasteiger partial charge in [-0.1, -0.05) is 0 Å². The van der Waals surface area contributed by atoms with E-state index in [0.29, 0.717) is 18.7 Å². The number of benzene rings is 1. The standard InChI is InChI=1S/C16H24N2O4S/c1-16(2,3)17-23(20,21)14-11-12(7-8-13(14)22-4)15(19)18-9-5-6-10-18/h7-8,11,17H,5-6,9-10H2,1-4H3. The normalized spacial score (nSPS) is 15.7. The second-order valence-corrected chi connectivity index (χ2v) is 8.37. The number of hydrogen-bond acceptors (Lipinski definition) is 4. The van der Waals surface area contributed by atoms with Crippen molar-refractivity contribution < 1.29 is 17.9 Å². The summed E-state index contributed by atoms with van der Waals surface area (Å²) in [4.78, 5) is 14.2. The van der Waals surface area contributed by atoms with Gasteiger partial charge in [-0.2, -0.15) is 0 Å². The summed E-state index contributed by atoms with van der Waals surface area (Å²) >= 11 is 0. The highest BCUT2D eigenvalue weighted by atomic mass is 32.2. The average molecular weight is 340 g/mol. The lowest BCUT2D eigenvalue weighted by Gasteiger charge is -2.22. The summed E-state index contributed by atoms with van der Waals surface area (Å²) < 4.78 is 33.0. The van der Waals surface area contributed by atoms with Crippen molar-refractivity contribution in [1.29, 1.82) is 0 Å². The molecule has 23 heavy (non-hydrogen) atoms. The first kappa shape index (κ1) is 17.7. The lowest BCUT2D eigenvalue weighted by atomic mass is 10.1. The summed E-state index contributed by atoms with van der Waals surface area (Å²) in [7, 11) is -2.38. The number of carbonyl (C=O) groups excluding carboxylic acids is 1. The number of nitrogens with one attached hydrogen (secondary N) is 1. The molecule has 1 saturated heterocycles. The largest absolute Gasteiger partial charge is 0.495 e. The molecule has 6 nitrogen and oxygen atoms in total. The van der Waals surface area contributed by atoms with Crippen molar-refractivity contribution in [3.05, 3.63) is 23.8 Å². The SMILES string of the molecule is COc1ccc(C(=O)N2CCCC2)cc1S(=O)(=O)NC(C)(C)C. The number of methoxy groups -OCH3 is 1. The van der Waals surface area contributed by atoms with Gasteiger partial charge in [0.1, 0.15) is 10.6 Å². The van der Waals surface area contributed by atoms with Crippen LogP contribution < -0.4 is 9.46 Å². The number of ether oxygens (including phenoxy) is 1. The van der Waals surface area contributed by atoms with Crippen LogP contribution in [0.2, 0.25) is 0 Å². The first-order chi connectivity index (χ1) is 10.6. The molecular formula is C16H24N2O4S. The maximum Gasteiger partial charge on any atom is 0.253 e. The van der Waals surface area contributed by atoms with Crippen molar-refractivity contribution in [3.8, 4) is 5.75 Å². The highest BCUT2D eigenvalue weighted by molar-refractivity contribution is 7.89. The molecule has 1 N–H and O–H groups in total. The Balaban J connectivity index is 2.41. The van der Waals surface area contributed by atoms with Crippen molar-refractivity contribution in [2.24, 2.45) is 0 Å². The molecule has 1 aliphatic heterocycles. The van der Waals surface area contributed by atoms with Crippen LogP contribution >= 0.6 is 0 Å². The van der Waals surface area contributed by atoms with Crippen LogP contribution in [0, 0.1) is 0 Å². The molecule has 1 aliphatic rings. The lowest BCUT2D eigenvalue weighted by molar-refractivity contribution is 0.0792. The molecule has 1 fully saturated rings. The third-order valence-electron chi connectivity index (χ3n) is 3.53. The zero-order valence-corrected chi connectivity index (χ0v) is 14.9. The molecule has 128 valence electrons. The van der Waals surface area contributed by atoms with E-state index in [4.69, 9.17) is 4.74 Å². The van der Waals surface area contributed by atoms with Crippen LogP contribution in [0.25, 0.3) is 0 Å². The first-order valence-electron chi connectivity index (χ1n) is 7.65. The molecule has 1 amide bonds. The van der Waals surface area contributed by atoms with E-state index in [0.717, 1.165) is 12.8 Å². The predicted octanol–water partition coefficient (Wildman–Crippen LogP) is 2.01. The van der Waals surface area contributed by atoms with Crippen molar-refractivity contribution in [1.82, 2.24) is 9.62 Å². The Bertz CT molecular complexity index is 687. The van der Waals surface area contributed by atoms with Crippen LogP contribution in [-0.2, 0) is 10.0 Å². The summed E-state index contributed by atoms with van der Waals surface area (Å²) in [6, 6.07) is 4.53. The van der Waals surface area contributed by atoms with Gasteiger partial charge in [0.05, 0.1) is 7.11 Å². The van der Waals surface area contributed by atoms with Crippen LogP contribution in [0.4, 0.5) is 0 Å². The van der Waals surface area contributed by atoms with E-state index >= 15 is 0 Å². The highest BCUT2D eigenvalue weighted by Gasteiger charge is 2.27. The Morgan fingerprint density at radius 1 is 1.22 bits per heavy atom. The van der Waals surface area contributed by atoms with Crippen LogP contribution in [-0.4, -0.2) is 45.0 Å². The van der Waals surface area contributed by atoms with Gasteiger partial charge in [-0.25, -0.2) is 13.1 Å². The Kier molecular flexibility index (Phi) is 5.01. The van der Waals surface area contributed by atoms with Crippen LogP contribution in [0.15, 0.2) is 23.1 Å². The van der Waals surface area contributed by atoms with E-state index in [2.05, 4.69) is 4.72 Å². The van der Waals surface area contributed by atoms with Crippen LogP contribution in [0.1, 0.15) is 44.0 Å². The minimum absolute atomic E-state index is 0.0139. The fraction of sp³-hybridized carbons (Fsp3) is 0.562. The number of amides is 1. The van der Waals surface area contributed by atoms with Crippen molar-refractivity contribution in [3.63, 3.8) is 0 Å². The summed E-state index contributed by atoms with van der Waals surface area (Å²) in [5.74, 6) is 0.0806. The van der Waals surface area contributed by atoms with E-state index in [1.54, 1.807) is 31.7 Å². The Hall–Kier alpha value is -1.60. The van der Waals surface area contributed by atoms with Gasteiger partial charge < -0.3 is 9.64 Å². The first-order valence-corrected chi connectivity index (χ1v) is 9.14. The number of nitrogens with zero attached hydrogens (tertiary/aromatic N) is 1. The van der Waals surface area contributed by atoms with Gasteiger partial charge in [0.15, 0.2) is 0 Å². The van der Waals surface area contributed by atoms with E-state index in [1.165, 1.54) is 19.2 Å². The maximum absolute atomic E-state index is 12.6. The maximum atomic E-state index is 12.6. The molecule has 1 heterocycles.